The normalized spacial score (nSPS) is 22.4. The number of hydrogen-bond donors (Lipinski definition) is 1. The van der Waals surface area contributed by atoms with Crippen LogP contribution in [-0.4, -0.2) is 48.8 Å². The van der Waals surface area contributed by atoms with E-state index in [0.29, 0.717) is 0 Å². The number of aliphatic hydroxyl groups is 1. The fourth-order valence-electron chi connectivity index (χ4n) is 2.14. The van der Waals surface area contributed by atoms with Crippen LogP contribution in [0.1, 0.15) is 25.1 Å². The van der Waals surface area contributed by atoms with Gasteiger partial charge in [0.15, 0.2) is 6.04 Å². The molecule has 9 nitrogen and oxygen atoms in total. The second-order valence-corrected chi connectivity index (χ2v) is 4.99. The molecule has 1 aromatic rings. The van der Waals surface area contributed by atoms with E-state index in [1.807, 2.05) is 0 Å². The SMILES string of the molecule is Cc1cc([N+](=O)[O-])nn1C(C)C(=O)N1N=CCC1(O)C(F)(F)F. The van der Waals surface area contributed by atoms with E-state index >= 15 is 0 Å². The van der Waals surface area contributed by atoms with Crippen molar-refractivity contribution in [2.45, 2.75) is 38.2 Å². The number of aromatic nitrogens is 2. The molecule has 0 radical (unpaired) electrons. The lowest BCUT2D eigenvalue weighted by Gasteiger charge is -2.33. The van der Waals surface area contributed by atoms with Gasteiger partial charge in [-0.1, -0.05) is 0 Å². The number of carbonyl (C=O) groups excluding carboxylic acids is 1. The predicted molar refractivity (Wildman–Crippen MR) is 69.3 cm³/mol. The zero-order valence-corrected chi connectivity index (χ0v) is 12.0. The van der Waals surface area contributed by atoms with Gasteiger partial charge >= 0.3 is 12.0 Å². The van der Waals surface area contributed by atoms with Crippen molar-refractivity contribution in [3.8, 4) is 0 Å². The van der Waals surface area contributed by atoms with Crippen LogP contribution in [0.4, 0.5) is 19.0 Å². The number of alkyl halides is 3. The zero-order chi connectivity index (χ0) is 17.6. The molecule has 23 heavy (non-hydrogen) atoms. The van der Waals surface area contributed by atoms with Crippen molar-refractivity contribution in [1.82, 2.24) is 14.8 Å². The largest absolute Gasteiger partial charge is 0.438 e. The van der Waals surface area contributed by atoms with Crippen LogP contribution in [0.15, 0.2) is 11.2 Å². The molecule has 1 aliphatic heterocycles. The van der Waals surface area contributed by atoms with Crippen molar-refractivity contribution >= 4 is 17.9 Å². The number of nitrogens with zero attached hydrogens (tertiary/aromatic N) is 5. The Labute approximate surface area is 127 Å². The summed E-state index contributed by atoms with van der Waals surface area (Å²) in [4.78, 5) is 22.1. The summed E-state index contributed by atoms with van der Waals surface area (Å²) < 4.78 is 39.8. The third-order valence-corrected chi connectivity index (χ3v) is 3.41. The van der Waals surface area contributed by atoms with Crippen molar-refractivity contribution in [2.75, 3.05) is 0 Å². The second-order valence-electron chi connectivity index (χ2n) is 4.99. The van der Waals surface area contributed by atoms with Gasteiger partial charge in [-0.3, -0.25) is 4.79 Å². The summed E-state index contributed by atoms with van der Waals surface area (Å²) >= 11 is 0. The number of carbonyl (C=O) groups is 1. The molecule has 0 saturated heterocycles. The van der Waals surface area contributed by atoms with Gasteiger partial charge in [0.25, 0.3) is 11.6 Å². The molecular weight excluding hydrogens is 323 g/mol. The van der Waals surface area contributed by atoms with Crippen LogP contribution >= 0.6 is 0 Å². The van der Waals surface area contributed by atoms with Crippen LogP contribution in [0.2, 0.25) is 0 Å². The average Bonchev–Trinajstić information content (AvgIpc) is 3.01. The molecule has 1 aliphatic rings. The molecule has 1 N–H and O–H groups in total. The van der Waals surface area contributed by atoms with Crippen LogP contribution in [0.3, 0.4) is 0 Å². The first-order valence-electron chi connectivity index (χ1n) is 6.35. The fourth-order valence-corrected chi connectivity index (χ4v) is 2.14. The Bertz CT molecular complexity index is 686. The molecule has 1 aromatic heterocycles. The van der Waals surface area contributed by atoms with Gasteiger partial charge in [-0.2, -0.15) is 28.0 Å². The van der Waals surface area contributed by atoms with Crippen molar-refractivity contribution in [2.24, 2.45) is 5.10 Å². The lowest BCUT2D eigenvalue weighted by molar-refractivity contribution is -0.389. The highest BCUT2D eigenvalue weighted by molar-refractivity contribution is 5.83. The van der Waals surface area contributed by atoms with Crippen LogP contribution < -0.4 is 0 Å². The molecule has 2 rings (SSSR count). The molecule has 2 unspecified atom stereocenters. The highest BCUT2D eigenvalue weighted by atomic mass is 19.4. The predicted octanol–water partition coefficient (Wildman–Crippen LogP) is 1.13. The van der Waals surface area contributed by atoms with Gasteiger partial charge in [-0.25, -0.2) is 0 Å². The molecule has 0 aliphatic carbocycles. The van der Waals surface area contributed by atoms with Crippen molar-refractivity contribution < 1.29 is 28.0 Å². The van der Waals surface area contributed by atoms with E-state index in [1.54, 1.807) is 0 Å². The number of amides is 1. The first-order valence-corrected chi connectivity index (χ1v) is 6.35. The van der Waals surface area contributed by atoms with E-state index in [1.165, 1.54) is 13.8 Å². The third-order valence-electron chi connectivity index (χ3n) is 3.41. The third kappa shape index (κ3) is 2.65. The van der Waals surface area contributed by atoms with Gasteiger partial charge in [-0.15, -0.1) is 0 Å². The highest BCUT2D eigenvalue weighted by Gasteiger charge is 2.62. The minimum absolute atomic E-state index is 0.0649. The van der Waals surface area contributed by atoms with E-state index < -0.39 is 41.0 Å². The Hall–Kier alpha value is -2.50. The van der Waals surface area contributed by atoms with Crippen LogP contribution in [0, 0.1) is 17.0 Å². The number of halogens is 3. The van der Waals surface area contributed by atoms with Gasteiger partial charge in [-0.05, 0) is 18.8 Å². The van der Waals surface area contributed by atoms with Crippen molar-refractivity contribution in [1.29, 1.82) is 0 Å². The summed E-state index contributed by atoms with van der Waals surface area (Å²) in [5.41, 5.74) is -3.23. The first kappa shape index (κ1) is 16.9. The average molecular weight is 335 g/mol. The minimum atomic E-state index is -5.11. The highest BCUT2D eigenvalue weighted by Crippen LogP contribution is 2.39. The summed E-state index contributed by atoms with van der Waals surface area (Å²) in [5.74, 6) is -1.74. The Morgan fingerprint density at radius 3 is 2.65 bits per heavy atom. The van der Waals surface area contributed by atoms with Crippen LogP contribution in [0.25, 0.3) is 0 Å². The lowest BCUT2D eigenvalue weighted by Crippen LogP contribution is -2.57. The first-order chi connectivity index (χ1) is 10.5. The molecule has 0 spiro atoms. The van der Waals surface area contributed by atoms with Gasteiger partial charge in [0.05, 0.1) is 16.9 Å². The van der Waals surface area contributed by atoms with Crippen LogP contribution in [0.5, 0.6) is 0 Å². The molecule has 0 saturated carbocycles. The van der Waals surface area contributed by atoms with Gasteiger partial charge in [0.2, 0.25) is 0 Å². The molecule has 2 atom stereocenters. The van der Waals surface area contributed by atoms with Gasteiger partial charge in [0.1, 0.15) is 0 Å². The van der Waals surface area contributed by atoms with Gasteiger partial charge in [0, 0.05) is 12.6 Å². The number of aryl methyl sites for hydroxylation is 1. The number of rotatable bonds is 3. The summed E-state index contributed by atoms with van der Waals surface area (Å²) in [6, 6.07) is -0.250. The topological polar surface area (TPSA) is 114 Å². The maximum Gasteiger partial charge on any atom is 0.438 e. The number of hydrogen-bond acceptors (Lipinski definition) is 6. The zero-order valence-electron chi connectivity index (χ0n) is 12.0. The molecular formula is C11H12F3N5O4. The molecule has 2 heterocycles. The Balaban J connectivity index is 2.33. The molecule has 0 bridgehead atoms. The number of nitro groups is 1. The summed E-state index contributed by atoms with van der Waals surface area (Å²) in [7, 11) is 0. The van der Waals surface area contributed by atoms with E-state index in [9.17, 15) is 33.2 Å². The maximum absolute atomic E-state index is 13.0. The Morgan fingerprint density at radius 1 is 1.57 bits per heavy atom. The van der Waals surface area contributed by atoms with E-state index in [-0.39, 0.29) is 10.7 Å². The monoisotopic (exact) mass is 335 g/mol. The number of hydrazone groups is 1. The summed E-state index contributed by atoms with van der Waals surface area (Å²) in [6.07, 6.45) is -5.23. The lowest BCUT2D eigenvalue weighted by atomic mass is 10.1. The Morgan fingerprint density at radius 2 is 2.17 bits per heavy atom. The van der Waals surface area contributed by atoms with Crippen molar-refractivity contribution in [3.63, 3.8) is 0 Å². The van der Waals surface area contributed by atoms with Gasteiger partial charge < -0.3 is 15.2 Å². The van der Waals surface area contributed by atoms with E-state index in [4.69, 9.17) is 0 Å². The van der Waals surface area contributed by atoms with E-state index in [0.717, 1.165) is 17.0 Å². The summed E-state index contributed by atoms with van der Waals surface area (Å²) in [6.45, 7) is 2.61. The summed E-state index contributed by atoms with van der Waals surface area (Å²) in [5, 5.41) is 27.2. The molecule has 126 valence electrons. The molecule has 1 amide bonds. The maximum atomic E-state index is 13.0. The van der Waals surface area contributed by atoms with Crippen LogP contribution in [-0.2, 0) is 4.79 Å². The quantitative estimate of drug-likeness (QED) is 0.657. The van der Waals surface area contributed by atoms with E-state index in [2.05, 4.69) is 10.2 Å². The molecule has 12 heteroatoms. The second kappa shape index (κ2) is 5.30. The Kier molecular flexibility index (Phi) is 3.88. The fraction of sp³-hybridized carbons (Fsp3) is 0.545. The standard InChI is InChI=1S/C11H12F3N5O4/c1-6-5-8(19(22)23)16-17(6)7(2)9(20)18-10(21,3-4-15-18)11(12,13)14/h4-5,7,21H,3H2,1-2H3. The van der Waals surface area contributed by atoms with Crippen molar-refractivity contribution in [3.05, 3.63) is 21.9 Å². The minimum Gasteiger partial charge on any atom is -0.362 e. The molecule has 0 aromatic carbocycles. The smallest absolute Gasteiger partial charge is 0.362 e. The molecule has 0 fully saturated rings.